The SMILES string of the molecule is O=C(COC(=O)c1cc2ccccc2s1)c1ccc(OC(F)F)cc1. The van der Waals surface area contributed by atoms with Crippen molar-refractivity contribution < 1.29 is 27.8 Å². The van der Waals surface area contributed by atoms with Gasteiger partial charge in [0, 0.05) is 10.3 Å². The van der Waals surface area contributed by atoms with Crippen molar-refractivity contribution in [3.63, 3.8) is 0 Å². The van der Waals surface area contributed by atoms with Gasteiger partial charge in [-0.15, -0.1) is 11.3 Å². The fraction of sp³-hybridized carbons (Fsp3) is 0.111. The molecule has 1 aromatic heterocycles. The summed E-state index contributed by atoms with van der Waals surface area (Å²) in [4.78, 5) is 24.5. The maximum absolute atomic E-state index is 12.1. The van der Waals surface area contributed by atoms with Crippen LogP contribution in [-0.2, 0) is 4.74 Å². The molecule has 1 heterocycles. The Morgan fingerprint density at radius 2 is 1.76 bits per heavy atom. The molecule has 3 rings (SSSR count). The lowest BCUT2D eigenvalue weighted by Gasteiger charge is -2.06. The quantitative estimate of drug-likeness (QED) is 0.477. The lowest BCUT2D eigenvalue weighted by atomic mass is 10.1. The van der Waals surface area contributed by atoms with Crippen LogP contribution in [-0.4, -0.2) is 25.0 Å². The van der Waals surface area contributed by atoms with Crippen LogP contribution in [0.5, 0.6) is 5.75 Å². The number of ether oxygens (including phenoxy) is 2. The Balaban J connectivity index is 1.60. The standard InChI is InChI=1S/C18H12F2O4S/c19-18(20)24-13-7-5-11(6-8-13)14(21)10-23-17(22)16-9-12-3-1-2-4-15(12)25-16/h1-9,18H,10H2. The van der Waals surface area contributed by atoms with Crippen molar-refractivity contribution in [2.75, 3.05) is 6.61 Å². The molecule has 0 fully saturated rings. The Labute approximate surface area is 145 Å². The van der Waals surface area contributed by atoms with E-state index in [2.05, 4.69) is 4.74 Å². The van der Waals surface area contributed by atoms with E-state index in [1.54, 1.807) is 6.07 Å². The highest BCUT2D eigenvalue weighted by Crippen LogP contribution is 2.25. The summed E-state index contributed by atoms with van der Waals surface area (Å²) in [6.07, 6.45) is 0. The van der Waals surface area contributed by atoms with Crippen molar-refractivity contribution in [3.8, 4) is 5.75 Å². The average molecular weight is 362 g/mol. The first-order valence-electron chi connectivity index (χ1n) is 7.27. The third-order valence-corrected chi connectivity index (χ3v) is 4.46. The van der Waals surface area contributed by atoms with E-state index < -0.39 is 25.0 Å². The maximum atomic E-state index is 12.1. The molecule has 0 saturated carbocycles. The molecule has 128 valence electrons. The predicted molar refractivity (Wildman–Crippen MR) is 89.5 cm³/mol. The van der Waals surface area contributed by atoms with Crippen molar-refractivity contribution >= 4 is 33.2 Å². The number of rotatable bonds is 6. The Morgan fingerprint density at radius 3 is 2.44 bits per heavy atom. The molecule has 3 aromatic rings. The fourth-order valence-electron chi connectivity index (χ4n) is 2.19. The van der Waals surface area contributed by atoms with E-state index in [9.17, 15) is 18.4 Å². The number of Topliss-reactive ketones (excluding diaryl/α,β-unsaturated/α-hetero) is 1. The van der Waals surface area contributed by atoms with E-state index in [1.807, 2.05) is 24.3 Å². The zero-order chi connectivity index (χ0) is 17.8. The highest BCUT2D eigenvalue weighted by molar-refractivity contribution is 7.20. The van der Waals surface area contributed by atoms with Gasteiger partial charge >= 0.3 is 12.6 Å². The molecule has 0 bridgehead atoms. The third kappa shape index (κ3) is 4.19. The summed E-state index contributed by atoms with van der Waals surface area (Å²) >= 11 is 1.29. The Hall–Kier alpha value is -2.80. The molecule has 0 aliphatic rings. The smallest absolute Gasteiger partial charge is 0.387 e. The van der Waals surface area contributed by atoms with Gasteiger partial charge in [-0.2, -0.15) is 8.78 Å². The van der Waals surface area contributed by atoms with Gasteiger partial charge in [-0.05, 0) is 41.8 Å². The number of benzene rings is 2. The third-order valence-electron chi connectivity index (χ3n) is 3.36. The van der Waals surface area contributed by atoms with Crippen LogP contribution in [0, 0.1) is 0 Å². The first kappa shape index (κ1) is 17.0. The molecular formula is C18H12F2O4S. The van der Waals surface area contributed by atoms with Gasteiger partial charge in [0.15, 0.2) is 12.4 Å². The first-order valence-corrected chi connectivity index (χ1v) is 8.08. The van der Waals surface area contributed by atoms with Gasteiger partial charge in [0.25, 0.3) is 0 Å². The number of hydrogen-bond acceptors (Lipinski definition) is 5. The van der Waals surface area contributed by atoms with Gasteiger partial charge in [-0.3, -0.25) is 4.79 Å². The van der Waals surface area contributed by atoms with Crippen LogP contribution in [0.25, 0.3) is 10.1 Å². The number of carbonyl (C=O) groups is 2. The summed E-state index contributed by atoms with van der Waals surface area (Å²) in [7, 11) is 0. The number of ketones is 1. The lowest BCUT2D eigenvalue weighted by molar-refractivity contribution is -0.0498. The van der Waals surface area contributed by atoms with E-state index >= 15 is 0 Å². The lowest BCUT2D eigenvalue weighted by Crippen LogP contribution is -2.13. The van der Waals surface area contributed by atoms with Gasteiger partial charge in [0.1, 0.15) is 10.6 Å². The highest BCUT2D eigenvalue weighted by Gasteiger charge is 2.15. The van der Waals surface area contributed by atoms with Crippen LogP contribution < -0.4 is 4.74 Å². The minimum atomic E-state index is -2.93. The Bertz CT molecular complexity index is 870. The molecule has 0 atom stereocenters. The van der Waals surface area contributed by atoms with Gasteiger partial charge < -0.3 is 9.47 Å². The summed E-state index contributed by atoms with van der Waals surface area (Å²) in [6.45, 7) is -3.36. The van der Waals surface area contributed by atoms with Crippen molar-refractivity contribution in [2.24, 2.45) is 0 Å². The molecule has 0 unspecified atom stereocenters. The molecular weight excluding hydrogens is 350 g/mol. The first-order chi connectivity index (χ1) is 12.0. The van der Waals surface area contributed by atoms with Crippen LogP contribution in [0.1, 0.15) is 20.0 Å². The number of halogens is 2. The van der Waals surface area contributed by atoms with Gasteiger partial charge in [-0.1, -0.05) is 18.2 Å². The van der Waals surface area contributed by atoms with E-state index in [0.717, 1.165) is 10.1 Å². The molecule has 0 aliphatic heterocycles. The van der Waals surface area contributed by atoms with Crippen LogP contribution in [0.15, 0.2) is 54.6 Å². The second kappa shape index (κ2) is 7.40. The number of alkyl halides is 2. The average Bonchev–Trinajstić information content (AvgIpc) is 3.03. The summed E-state index contributed by atoms with van der Waals surface area (Å²) in [5, 5.41) is 0.931. The van der Waals surface area contributed by atoms with Crippen molar-refractivity contribution in [3.05, 3.63) is 65.0 Å². The number of carbonyl (C=O) groups excluding carboxylic acids is 2. The predicted octanol–water partition coefficient (Wildman–Crippen LogP) is 4.54. The molecule has 4 nitrogen and oxygen atoms in total. The second-order valence-electron chi connectivity index (χ2n) is 5.05. The maximum Gasteiger partial charge on any atom is 0.387 e. The monoisotopic (exact) mass is 362 g/mol. The van der Waals surface area contributed by atoms with E-state index in [1.165, 1.54) is 35.6 Å². The van der Waals surface area contributed by atoms with E-state index in [4.69, 9.17) is 4.74 Å². The van der Waals surface area contributed by atoms with Crippen molar-refractivity contribution in [2.45, 2.75) is 6.61 Å². The number of hydrogen-bond donors (Lipinski definition) is 0. The minimum absolute atomic E-state index is 0.0474. The van der Waals surface area contributed by atoms with Crippen LogP contribution in [0.2, 0.25) is 0 Å². The van der Waals surface area contributed by atoms with Crippen LogP contribution in [0.3, 0.4) is 0 Å². The second-order valence-corrected chi connectivity index (χ2v) is 6.13. The van der Waals surface area contributed by atoms with E-state index in [-0.39, 0.29) is 11.3 Å². The zero-order valence-corrected chi connectivity index (χ0v) is 13.6. The molecule has 0 N–H and O–H groups in total. The summed E-state index contributed by atoms with van der Waals surface area (Å²) in [5.74, 6) is -1.06. The number of fused-ring (bicyclic) bond motifs is 1. The van der Waals surface area contributed by atoms with Crippen LogP contribution in [0.4, 0.5) is 8.78 Å². The fourth-order valence-corrected chi connectivity index (χ4v) is 3.15. The van der Waals surface area contributed by atoms with E-state index in [0.29, 0.717) is 4.88 Å². The zero-order valence-electron chi connectivity index (χ0n) is 12.8. The molecule has 2 aromatic carbocycles. The molecule has 0 spiro atoms. The van der Waals surface area contributed by atoms with Gasteiger partial charge in [0.05, 0.1) is 0 Å². The molecule has 0 aliphatic carbocycles. The number of esters is 1. The Morgan fingerprint density at radius 1 is 1.04 bits per heavy atom. The minimum Gasteiger partial charge on any atom is -0.453 e. The summed E-state index contributed by atoms with van der Waals surface area (Å²) in [6, 6.07) is 14.4. The summed E-state index contributed by atoms with van der Waals surface area (Å²) in [5.41, 5.74) is 0.241. The van der Waals surface area contributed by atoms with Gasteiger partial charge in [0.2, 0.25) is 0 Å². The largest absolute Gasteiger partial charge is 0.453 e. The Kier molecular flexibility index (Phi) is 5.04. The van der Waals surface area contributed by atoms with Gasteiger partial charge in [-0.25, -0.2) is 4.79 Å². The molecule has 7 heteroatoms. The molecule has 0 saturated heterocycles. The highest BCUT2D eigenvalue weighted by atomic mass is 32.1. The molecule has 25 heavy (non-hydrogen) atoms. The molecule has 0 radical (unpaired) electrons. The van der Waals surface area contributed by atoms with Crippen LogP contribution >= 0.6 is 11.3 Å². The molecule has 0 amide bonds. The van der Waals surface area contributed by atoms with Crippen molar-refractivity contribution in [1.82, 2.24) is 0 Å². The topological polar surface area (TPSA) is 52.6 Å². The summed E-state index contributed by atoms with van der Waals surface area (Å²) < 4.78 is 34.4. The van der Waals surface area contributed by atoms with Crippen molar-refractivity contribution in [1.29, 1.82) is 0 Å². The number of thiophene rings is 1. The normalized spacial score (nSPS) is 10.8.